The molecule has 5 nitrogen and oxygen atoms in total. The van der Waals surface area contributed by atoms with Crippen molar-refractivity contribution in [2.75, 3.05) is 25.5 Å². The van der Waals surface area contributed by atoms with Crippen LogP contribution in [-0.4, -0.2) is 36.1 Å². The molecule has 2 N–H and O–H groups in total. The largest absolute Gasteiger partial charge is 0.370 e. The Morgan fingerprint density at radius 1 is 1.35 bits per heavy atom. The predicted octanol–water partition coefficient (Wildman–Crippen LogP) is 3.66. The summed E-state index contributed by atoms with van der Waals surface area (Å²) in [5.74, 6) is 0.866. The minimum Gasteiger partial charge on any atom is -0.370 e. The van der Waals surface area contributed by atoms with Crippen molar-refractivity contribution < 1.29 is 4.79 Å². The maximum Gasteiger partial charge on any atom is 0.317 e. The second kappa shape index (κ2) is 8.53. The average molecular weight is 332 g/mol. The highest BCUT2D eigenvalue weighted by atomic mass is 32.1. The van der Waals surface area contributed by atoms with E-state index >= 15 is 0 Å². The number of thiophene rings is 1. The smallest absolute Gasteiger partial charge is 0.317 e. The van der Waals surface area contributed by atoms with Gasteiger partial charge in [-0.2, -0.15) is 0 Å². The Kier molecular flexibility index (Phi) is 6.40. The van der Waals surface area contributed by atoms with E-state index in [1.807, 2.05) is 50.7 Å². The predicted molar refractivity (Wildman–Crippen MR) is 96.0 cm³/mol. The molecule has 0 bridgehead atoms. The van der Waals surface area contributed by atoms with Crippen LogP contribution in [-0.2, 0) is 0 Å². The molecule has 2 heterocycles. The standard InChI is InChI=1S/C17H24N4OS/c1-13-7-8-16(20-12-13)18-9-5-10-19-17(22)21(3)14(2)15-6-4-11-23-15/h4,6-8,11-12,14H,5,9-10H2,1-3H3,(H,18,20)(H,19,22)/t14-/m1/s1. The quantitative estimate of drug-likeness (QED) is 0.761. The summed E-state index contributed by atoms with van der Waals surface area (Å²) in [6, 6.07) is 8.09. The summed E-state index contributed by atoms with van der Waals surface area (Å²) in [6.45, 7) is 5.47. The molecule has 0 aromatic carbocycles. The van der Waals surface area contributed by atoms with Gasteiger partial charge in [0.25, 0.3) is 0 Å². The van der Waals surface area contributed by atoms with E-state index in [4.69, 9.17) is 0 Å². The molecule has 0 aliphatic heterocycles. The molecular weight excluding hydrogens is 308 g/mol. The summed E-state index contributed by atoms with van der Waals surface area (Å²) in [4.78, 5) is 19.3. The van der Waals surface area contributed by atoms with E-state index in [9.17, 15) is 4.79 Å². The molecule has 2 aromatic heterocycles. The molecule has 2 aromatic rings. The van der Waals surface area contributed by atoms with Gasteiger partial charge in [-0.05, 0) is 43.3 Å². The lowest BCUT2D eigenvalue weighted by molar-refractivity contribution is 0.195. The molecule has 0 saturated carbocycles. The number of aromatic nitrogens is 1. The Bertz CT molecular complexity index is 598. The Morgan fingerprint density at radius 2 is 2.17 bits per heavy atom. The van der Waals surface area contributed by atoms with Crippen molar-refractivity contribution in [3.05, 3.63) is 46.3 Å². The van der Waals surface area contributed by atoms with Crippen molar-refractivity contribution in [1.82, 2.24) is 15.2 Å². The van der Waals surface area contributed by atoms with Gasteiger partial charge in [-0.1, -0.05) is 12.1 Å². The normalized spacial score (nSPS) is 11.8. The molecule has 6 heteroatoms. The van der Waals surface area contributed by atoms with Crippen LogP contribution in [0.2, 0.25) is 0 Å². The van der Waals surface area contributed by atoms with Crippen molar-refractivity contribution in [3.8, 4) is 0 Å². The minimum atomic E-state index is -0.0423. The zero-order valence-electron chi connectivity index (χ0n) is 13.9. The fourth-order valence-electron chi connectivity index (χ4n) is 2.09. The van der Waals surface area contributed by atoms with Gasteiger partial charge in [0.05, 0.1) is 6.04 Å². The molecule has 2 amide bonds. The maximum absolute atomic E-state index is 12.1. The maximum atomic E-state index is 12.1. The molecule has 0 aliphatic rings. The Hall–Kier alpha value is -2.08. The number of nitrogens with zero attached hydrogens (tertiary/aromatic N) is 2. The van der Waals surface area contributed by atoms with Crippen LogP contribution in [0, 0.1) is 6.92 Å². The molecular formula is C17H24N4OS. The number of nitrogens with one attached hydrogen (secondary N) is 2. The lowest BCUT2D eigenvalue weighted by Gasteiger charge is -2.24. The number of hydrogen-bond acceptors (Lipinski definition) is 4. The van der Waals surface area contributed by atoms with Crippen LogP contribution in [0.15, 0.2) is 35.8 Å². The monoisotopic (exact) mass is 332 g/mol. The molecule has 0 radical (unpaired) electrons. The van der Waals surface area contributed by atoms with Gasteiger partial charge in [0.2, 0.25) is 0 Å². The number of aryl methyl sites for hydroxylation is 1. The van der Waals surface area contributed by atoms with Crippen LogP contribution in [0.4, 0.5) is 10.6 Å². The van der Waals surface area contributed by atoms with Crippen LogP contribution in [0.25, 0.3) is 0 Å². The van der Waals surface area contributed by atoms with Gasteiger partial charge < -0.3 is 15.5 Å². The van der Waals surface area contributed by atoms with Crippen LogP contribution >= 0.6 is 11.3 Å². The van der Waals surface area contributed by atoms with Gasteiger partial charge in [0, 0.05) is 31.2 Å². The Morgan fingerprint density at radius 3 is 2.83 bits per heavy atom. The van der Waals surface area contributed by atoms with Gasteiger partial charge in [0.15, 0.2) is 0 Å². The number of carbonyl (C=O) groups excluding carboxylic acids is 1. The third-order valence-electron chi connectivity index (χ3n) is 3.70. The first-order valence-corrected chi connectivity index (χ1v) is 8.66. The molecule has 23 heavy (non-hydrogen) atoms. The molecule has 0 saturated heterocycles. The molecule has 0 fully saturated rings. The lowest BCUT2D eigenvalue weighted by Crippen LogP contribution is -2.39. The van der Waals surface area contributed by atoms with E-state index in [0.29, 0.717) is 6.54 Å². The molecule has 2 rings (SSSR count). The fourth-order valence-corrected chi connectivity index (χ4v) is 2.92. The van der Waals surface area contributed by atoms with Crippen molar-refractivity contribution in [2.45, 2.75) is 26.3 Å². The number of amides is 2. The Balaban J connectivity index is 1.65. The average Bonchev–Trinajstić information content (AvgIpc) is 3.09. The highest BCUT2D eigenvalue weighted by molar-refractivity contribution is 7.10. The van der Waals surface area contributed by atoms with E-state index in [2.05, 4.69) is 21.7 Å². The number of anilines is 1. The topological polar surface area (TPSA) is 57.3 Å². The summed E-state index contributed by atoms with van der Waals surface area (Å²) in [7, 11) is 1.83. The summed E-state index contributed by atoms with van der Waals surface area (Å²) < 4.78 is 0. The summed E-state index contributed by atoms with van der Waals surface area (Å²) in [6.07, 6.45) is 2.69. The van der Waals surface area contributed by atoms with E-state index in [-0.39, 0.29) is 12.1 Å². The van der Waals surface area contributed by atoms with E-state index in [1.54, 1.807) is 16.2 Å². The lowest BCUT2D eigenvalue weighted by atomic mass is 10.2. The van der Waals surface area contributed by atoms with Crippen molar-refractivity contribution in [3.63, 3.8) is 0 Å². The number of rotatable bonds is 7. The third kappa shape index (κ3) is 5.25. The molecule has 124 valence electrons. The Labute approximate surface area is 141 Å². The SMILES string of the molecule is Cc1ccc(NCCCNC(=O)N(C)[C@H](C)c2cccs2)nc1. The van der Waals surface area contributed by atoms with E-state index in [1.165, 1.54) is 4.88 Å². The zero-order valence-corrected chi connectivity index (χ0v) is 14.7. The van der Waals surface area contributed by atoms with Gasteiger partial charge in [-0.3, -0.25) is 0 Å². The van der Waals surface area contributed by atoms with E-state index in [0.717, 1.165) is 24.3 Å². The van der Waals surface area contributed by atoms with E-state index < -0.39 is 0 Å². The van der Waals surface area contributed by atoms with Crippen LogP contribution in [0.5, 0.6) is 0 Å². The highest BCUT2D eigenvalue weighted by Crippen LogP contribution is 2.23. The second-order valence-corrected chi connectivity index (χ2v) is 6.51. The number of urea groups is 1. The second-order valence-electron chi connectivity index (χ2n) is 5.54. The number of hydrogen-bond donors (Lipinski definition) is 2. The zero-order chi connectivity index (χ0) is 16.7. The molecule has 0 unspecified atom stereocenters. The van der Waals surface area contributed by atoms with Crippen LogP contribution < -0.4 is 10.6 Å². The molecule has 0 aliphatic carbocycles. The van der Waals surface area contributed by atoms with Crippen molar-refractivity contribution in [1.29, 1.82) is 0 Å². The fraction of sp³-hybridized carbons (Fsp3) is 0.412. The van der Waals surface area contributed by atoms with Crippen molar-refractivity contribution >= 4 is 23.2 Å². The summed E-state index contributed by atoms with van der Waals surface area (Å²) in [5.41, 5.74) is 1.14. The van der Waals surface area contributed by atoms with Crippen LogP contribution in [0.1, 0.15) is 29.8 Å². The minimum absolute atomic E-state index is 0.0423. The summed E-state index contributed by atoms with van der Waals surface area (Å²) >= 11 is 1.67. The van der Waals surface area contributed by atoms with Gasteiger partial charge in [-0.15, -0.1) is 11.3 Å². The molecule has 0 spiro atoms. The van der Waals surface area contributed by atoms with Gasteiger partial charge in [0.1, 0.15) is 5.82 Å². The van der Waals surface area contributed by atoms with Gasteiger partial charge >= 0.3 is 6.03 Å². The third-order valence-corrected chi connectivity index (χ3v) is 4.75. The van der Waals surface area contributed by atoms with Crippen molar-refractivity contribution in [2.24, 2.45) is 0 Å². The highest BCUT2D eigenvalue weighted by Gasteiger charge is 2.17. The molecule has 1 atom stereocenters. The first kappa shape index (κ1) is 17.3. The van der Waals surface area contributed by atoms with Crippen LogP contribution in [0.3, 0.4) is 0 Å². The van der Waals surface area contributed by atoms with Gasteiger partial charge in [-0.25, -0.2) is 9.78 Å². The summed E-state index contributed by atoms with van der Waals surface area (Å²) in [5, 5.41) is 8.23. The first-order valence-electron chi connectivity index (χ1n) is 7.78. The number of carbonyl (C=O) groups is 1. The number of pyridine rings is 1. The first-order chi connectivity index (χ1) is 11.1.